The molecule has 290 valence electrons. The number of carbonyl (C=O) groups is 5. The average Bonchev–Trinajstić information content (AvgIpc) is 3.10. The molecule has 0 unspecified atom stereocenters. The summed E-state index contributed by atoms with van der Waals surface area (Å²) in [5.74, 6) is -1.84. The van der Waals surface area contributed by atoms with Crippen LogP contribution < -0.4 is 21.3 Å². The number of rotatable bonds is 36. The third kappa shape index (κ3) is 34.1. The normalized spacial score (nSPS) is 11.1. The average molecular weight is 729 g/mol. The van der Waals surface area contributed by atoms with Crippen molar-refractivity contribution in [1.82, 2.24) is 21.3 Å². The summed E-state index contributed by atoms with van der Waals surface area (Å²) in [6.45, 7) is 4.00. The van der Waals surface area contributed by atoms with Gasteiger partial charge in [0.2, 0.25) is 23.6 Å². The number of carbonyl (C=O) groups excluding carboxylic acids is 4. The molecule has 0 saturated carbocycles. The van der Waals surface area contributed by atoms with Crippen LogP contribution in [-0.4, -0.2) is 126 Å². The maximum atomic E-state index is 12.9. The van der Waals surface area contributed by atoms with E-state index in [1.807, 2.05) is 0 Å². The highest BCUT2D eigenvalue weighted by Crippen LogP contribution is 2.04. The monoisotopic (exact) mass is 728 g/mol. The van der Waals surface area contributed by atoms with Crippen molar-refractivity contribution in [1.29, 1.82) is 0 Å². The van der Waals surface area contributed by atoms with Gasteiger partial charge < -0.3 is 45.3 Å². The second-order valence-electron chi connectivity index (χ2n) is 11.1. The molecular formula is C31H56N10O10. The van der Waals surface area contributed by atoms with E-state index >= 15 is 0 Å². The summed E-state index contributed by atoms with van der Waals surface area (Å²) in [4.78, 5) is 65.3. The number of aliphatic carboxylic acids is 1. The number of hydrogen-bond acceptors (Lipinski definition) is 11. The van der Waals surface area contributed by atoms with Gasteiger partial charge in [-0.05, 0) is 62.4 Å². The summed E-state index contributed by atoms with van der Waals surface area (Å²) >= 11 is 0. The van der Waals surface area contributed by atoms with Crippen molar-refractivity contribution in [3.63, 3.8) is 0 Å². The minimum atomic E-state index is -0.914. The Kier molecular flexibility index (Phi) is 32.7. The molecule has 0 spiro atoms. The Hall–Kier alpha value is -4.19. The topological polar surface area (TPSA) is 288 Å². The van der Waals surface area contributed by atoms with Gasteiger partial charge in [-0.15, -0.1) is 0 Å². The minimum Gasteiger partial charge on any atom is -0.481 e. The Morgan fingerprint density at radius 2 is 1.04 bits per heavy atom. The van der Waals surface area contributed by atoms with Crippen LogP contribution in [0.2, 0.25) is 0 Å². The van der Waals surface area contributed by atoms with Crippen LogP contribution in [0.5, 0.6) is 0 Å². The summed E-state index contributed by atoms with van der Waals surface area (Å²) < 4.78 is 21.4. The van der Waals surface area contributed by atoms with E-state index in [1.54, 1.807) is 0 Å². The number of amides is 4. The number of carboxylic acid groups (broad SMARTS) is 1. The highest BCUT2D eigenvalue weighted by atomic mass is 16.6. The molecular weight excluding hydrogens is 672 g/mol. The van der Waals surface area contributed by atoms with Crippen molar-refractivity contribution in [3.05, 3.63) is 20.9 Å². The summed E-state index contributed by atoms with van der Waals surface area (Å²) in [6.07, 6.45) is 5.08. The zero-order chi connectivity index (χ0) is 37.6. The maximum absolute atomic E-state index is 12.9. The van der Waals surface area contributed by atoms with Crippen molar-refractivity contribution in [2.45, 2.75) is 83.1 Å². The highest BCUT2D eigenvalue weighted by Gasteiger charge is 2.20. The molecule has 20 heteroatoms. The summed E-state index contributed by atoms with van der Waals surface area (Å²) in [5.41, 5.74) is 16.6. The molecule has 0 aliphatic rings. The lowest BCUT2D eigenvalue weighted by Gasteiger charge is -2.19. The summed E-state index contributed by atoms with van der Waals surface area (Å²) in [7, 11) is 0. The van der Waals surface area contributed by atoms with Crippen molar-refractivity contribution in [2.75, 3.05) is 85.6 Å². The zero-order valence-electron chi connectivity index (χ0n) is 29.6. The standard InChI is InChI=1S/C31H56N10O10/c32-40-37-15-5-2-9-27(42)34-13-4-1-8-26(39-29(44)11-7-14-35-28(43)10-3-6-16-38-41-33)31(47)36-17-19-49-21-23-51-25-24-50-22-20-48-18-12-30(45)46/h26H,1-25H2,(H,34,42)(H,35,43)(H,36,47)(H,39,44)(H,45,46)/t26-/m0/s1. The van der Waals surface area contributed by atoms with E-state index < -0.39 is 12.0 Å². The largest absolute Gasteiger partial charge is 0.481 e. The Morgan fingerprint density at radius 3 is 1.57 bits per heavy atom. The first-order valence-electron chi connectivity index (χ1n) is 17.4. The van der Waals surface area contributed by atoms with Gasteiger partial charge in [-0.2, -0.15) is 0 Å². The number of nitrogens with zero attached hydrogens (tertiary/aromatic N) is 6. The Labute approximate surface area is 298 Å². The van der Waals surface area contributed by atoms with Gasteiger partial charge in [-0.3, -0.25) is 24.0 Å². The lowest BCUT2D eigenvalue weighted by Crippen LogP contribution is -2.47. The molecule has 0 aromatic rings. The van der Waals surface area contributed by atoms with Crippen molar-refractivity contribution in [2.24, 2.45) is 10.2 Å². The fraction of sp³-hybridized carbons (Fsp3) is 0.839. The van der Waals surface area contributed by atoms with Gasteiger partial charge in [-0.1, -0.05) is 10.2 Å². The van der Waals surface area contributed by atoms with E-state index in [0.717, 1.165) is 0 Å². The third-order valence-corrected chi connectivity index (χ3v) is 6.87. The Morgan fingerprint density at radius 1 is 0.549 bits per heavy atom. The first-order valence-corrected chi connectivity index (χ1v) is 17.4. The minimum absolute atomic E-state index is 0.0497. The molecule has 5 N–H and O–H groups in total. The van der Waals surface area contributed by atoms with E-state index in [4.69, 9.17) is 35.1 Å². The predicted molar refractivity (Wildman–Crippen MR) is 185 cm³/mol. The molecule has 0 aromatic carbocycles. The van der Waals surface area contributed by atoms with E-state index in [9.17, 15) is 24.0 Å². The molecule has 0 aliphatic carbocycles. The second kappa shape index (κ2) is 35.6. The lowest BCUT2D eigenvalue weighted by atomic mass is 10.1. The summed E-state index contributed by atoms with van der Waals surface area (Å²) in [6, 6.07) is -0.787. The van der Waals surface area contributed by atoms with E-state index in [1.165, 1.54) is 0 Å². The zero-order valence-corrected chi connectivity index (χ0v) is 29.6. The van der Waals surface area contributed by atoms with Crippen LogP contribution in [0.4, 0.5) is 0 Å². The first kappa shape index (κ1) is 46.8. The van der Waals surface area contributed by atoms with Gasteiger partial charge in [-0.25, -0.2) is 0 Å². The van der Waals surface area contributed by atoms with E-state index in [0.29, 0.717) is 130 Å². The molecule has 0 rings (SSSR count). The van der Waals surface area contributed by atoms with Gasteiger partial charge in [0.05, 0.1) is 59.3 Å². The van der Waals surface area contributed by atoms with Crippen LogP contribution in [0, 0.1) is 0 Å². The Bertz CT molecular complexity index is 1070. The summed E-state index contributed by atoms with van der Waals surface area (Å²) in [5, 5.41) is 26.5. The quantitative estimate of drug-likeness (QED) is 0.0271. The molecule has 0 saturated heterocycles. The molecule has 51 heavy (non-hydrogen) atoms. The molecule has 1 atom stereocenters. The van der Waals surface area contributed by atoms with Gasteiger partial charge in [0.1, 0.15) is 6.04 Å². The fourth-order valence-corrected chi connectivity index (χ4v) is 4.21. The number of hydrogen-bond donors (Lipinski definition) is 5. The molecule has 0 radical (unpaired) electrons. The number of unbranched alkanes of at least 4 members (excludes halogenated alkanes) is 3. The molecule has 0 aliphatic heterocycles. The van der Waals surface area contributed by atoms with Gasteiger partial charge in [0, 0.05) is 61.8 Å². The van der Waals surface area contributed by atoms with Crippen LogP contribution in [0.15, 0.2) is 10.2 Å². The van der Waals surface area contributed by atoms with Crippen molar-refractivity contribution in [3.8, 4) is 0 Å². The fourth-order valence-electron chi connectivity index (χ4n) is 4.21. The lowest BCUT2D eigenvalue weighted by molar-refractivity contribution is -0.138. The van der Waals surface area contributed by atoms with Crippen molar-refractivity contribution < 1.29 is 48.0 Å². The molecule has 4 amide bonds. The third-order valence-electron chi connectivity index (χ3n) is 6.87. The SMILES string of the molecule is [N-]=[N+]=NCCCCC(=O)NCCCC[C@H](NC(=O)CCCNC(=O)CCCCN=[N+]=[N-])C(=O)NCCOCCOCCOCCOCCC(=O)O. The number of ether oxygens (including phenoxy) is 4. The van der Waals surface area contributed by atoms with E-state index in [-0.39, 0.29) is 56.2 Å². The maximum Gasteiger partial charge on any atom is 0.305 e. The van der Waals surface area contributed by atoms with E-state index in [2.05, 4.69) is 41.3 Å². The van der Waals surface area contributed by atoms with Gasteiger partial charge >= 0.3 is 5.97 Å². The first-order chi connectivity index (χ1) is 24.8. The number of carboxylic acids is 1. The van der Waals surface area contributed by atoms with Crippen LogP contribution in [-0.2, 0) is 42.9 Å². The highest BCUT2D eigenvalue weighted by molar-refractivity contribution is 5.87. The van der Waals surface area contributed by atoms with Crippen LogP contribution >= 0.6 is 0 Å². The molecule has 0 aromatic heterocycles. The predicted octanol–water partition coefficient (Wildman–Crippen LogP) is 2.27. The van der Waals surface area contributed by atoms with Crippen LogP contribution in [0.3, 0.4) is 0 Å². The number of azide groups is 2. The van der Waals surface area contributed by atoms with Gasteiger partial charge in [0.15, 0.2) is 0 Å². The Balaban J connectivity index is 4.38. The molecule has 20 nitrogen and oxygen atoms in total. The van der Waals surface area contributed by atoms with Crippen LogP contribution in [0.25, 0.3) is 20.9 Å². The number of nitrogens with one attached hydrogen (secondary N) is 4. The van der Waals surface area contributed by atoms with Crippen LogP contribution in [0.1, 0.15) is 77.0 Å². The smallest absolute Gasteiger partial charge is 0.305 e. The molecule has 0 bridgehead atoms. The molecule has 0 heterocycles. The molecule has 0 fully saturated rings. The van der Waals surface area contributed by atoms with Crippen molar-refractivity contribution >= 4 is 29.6 Å². The second-order valence-corrected chi connectivity index (χ2v) is 11.1. The van der Waals surface area contributed by atoms with Gasteiger partial charge in [0.25, 0.3) is 0 Å².